The Hall–Kier alpha value is -1.79. The van der Waals surface area contributed by atoms with Gasteiger partial charge in [-0.05, 0) is 31.9 Å². The quantitative estimate of drug-likeness (QED) is 0.648. The third-order valence-corrected chi connectivity index (χ3v) is 2.91. The number of hydrogen-bond donors (Lipinski definition) is 2. The topological polar surface area (TPSA) is 66.0 Å². The zero-order chi connectivity index (χ0) is 16.4. The number of hydrogen-bond acceptors (Lipinski definition) is 3. The molecule has 0 aromatic carbocycles. The average molecular weight is 302 g/mol. The fourth-order valence-electron chi connectivity index (χ4n) is 1.97. The summed E-state index contributed by atoms with van der Waals surface area (Å²) in [6.45, 7) is 8.21. The number of amidine groups is 1. The van der Waals surface area contributed by atoms with Crippen molar-refractivity contribution >= 4 is 11.7 Å². The second kappa shape index (κ2) is 6.32. The zero-order valence-corrected chi connectivity index (χ0v) is 12.6. The lowest BCUT2D eigenvalue weighted by Gasteiger charge is -2.31. The van der Waals surface area contributed by atoms with Crippen molar-refractivity contribution < 1.29 is 13.2 Å². The summed E-state index contributed by atoms with van der Waals surface area (Å²) in [4.78, 5) is 5.47. The normalized spacial score (nSPS) is 12.0. The SMILES string of the molecule is CC(C)CN(c1nc(C(F)(F)F)ccc1C(=N)N)C(C)C. The van der Waals surface area contributed by atoms with E-state index in [0.29, 0.717) is 6.54 Å². The van der Waals surface area contributed by atoms with Crippen LogP contribution in [0.1, 0.15) is 39.0 Å². The fraction of sp³-hybridized carbons (Fsp3) is 0.571. The van der Waals surface area contributed by atoms with Gasteiger partial charge in [-0.1, -0.05) is 13.8 Å². The average Bonchev–Trinajstić information content (AvgIpc) is 2.33. The first kappa shape index (κ1) is 17.3. The van der Waals surface area contributed by atoms with Crippen LogP contribution in [0.4, 0.5) is 19.0 Å². The van der Waals surface area contributed by atoms with Gasteiger partial charge >= 0.3 is 6.18 Å². The van der Waals surface area contributed by atoms with Gasteiger partial charge in [0.1, 0.15) is 17.3 Å². The summed E-state index contributed by atoms with van der Waals surface area (Å²) in [5, 5.41) is 7.55. The number of nitrogens with one attached hydrogen (secondary N) is 1. The second-order valence-corrected chi connectivity index (χ2v) is 5.62. The fourth-order valence-corrected chi connectivity index (χ4v) is 1.97. The molecule has 0 fully saturated rings. The Kier molecular flexibility index (Phi) is 5.20. The van der Waals surface area contributed by atoms with Gasteiger partial charge in [0.15, 0.2) is 0 Å². The van der Waals surface area contributed by atoms with Crippen molar-refractivity contribution in [2.24, 2.45) is 11.7 Å². The van der Waals surface area contributed by atoms with Crippen molar-refractivity contribution in [1.29, 1.82) is 5.41 Å². The van der Waals surface area contributed by atoms with Crippen molar-refractivity contribution in [3.05, 3.63) is 23.4 Å². The Bertz CT molecular complexity index is 509. The molecule has 7 heteroatoms. The summed E-state index contributed by atoms with van der Waals surface area (Å²) in [7, 11) is 0. The van der Waals surface area contributed by atoms with Gasteiger partial charge in [-0.15, -0.1) is 0 Å². The van der Waals surface area contributed by atoms with E-state index in [0.717, 1.165) is 6.07 Å². The predicted octanol–water partition coefficient (Wildman–Crippen LogP) is 3.26. The first-order chi connectivity index (χ1) is 9.54. The summed E-state index contributed by atoms with van der Waals surface area (Å²) < 4.78 is 38.6. The molecule has 0 aliphatic rings. The van der Waals surface area contributed by atoms with E-state index < -0.39 is 11.9 Å². The van der Waals surface area contributed by atoms with Crippen LogP contribution in [-0.4, -0.2) is 23.4 Å². The number of pyridine rings is 1. The molecule has 0 atom stereocenters. The van der Waals surface area contributed by atoms with Crippen LogP contribution in [0.5, 0.6) is 0 Å². The highest BCUT2D eigenvalue weighted by molar-refractivity contribution is 5.99. The Morgan fingerprint density at radius 3 is 2.24 bits per heavy atom. The van der Waals surface area contributed by atoms with Crippen molar-refractivity contribution in [3.63, 3.8) is 0 Å². The van der Waals surface area contributed by atoms with E-state index in [1.54, 1.807) is 4.90 Å². The van der Waals surface area contributed by atoms with E-state index in [1.165, 1.54) is 6.07 Å². The lowest BCUT2D eigenvalue weighted by atomic mass is 10.1. The van der Waals surface area contributed by atoms with Crippen LogP contribution in [0.2, 0.25) is 0 Å². The number of nitrogens with two attached hydrogens (primary N) is 1. The van der Waals surface area contributed by atoms with Crippen LogP contribution in [0.3, 0.4) is 0 Å². The molecule has 21 heavy (non-hydrogen) atoms. The second-order valence-electron chi connectivity index (χ2n) is 5.62. The standard InChI is InChI=1S/C14H21F3N4/c1-8(2)7-21(9(3)4)13-10(12(18)19)5-6-11(20-13)14(15,16)17/h5-6,8-9H,7H2,1-4H3,(H3,18,19). The molecule has 0 amide bonds. The maximum absolute atomic E-state index is 12.9. The van der Waals surface area contributed by atoms with Gasteiger partial charge in [-0.2, -0.15) is 13.2 Å². The van der Waals surface area contributed by atoms with Crippen molar-refractivity contribution in [3.8, 4) is 0 Å². The first-order valence-electron chi connectivity index (χ1n) is 6.73. The third-order valence-electron chi connectivity index (χ3n) is 2.91. The first-order valence-corrected chi connectivity index (χ1v) is 6.73. The van der Waals surface area contributed by atoms with Crippen molar-refractivity contribution in [1.82, 2.24) is 4.98 Å². The molecular formula is C14H21F3N4. The Labute approximate surface area is 122 Å². The monoisotopic (exact) mass is 302 g/mol. The Morgan fingerprint density at radius 1 is 1.29 bits per heavy atom. The molecule has 0 unspecified atom stereocenters. The molecule has 0 saturated carbocycles. The van der Waals surface area contributed by atoms with Crippen molar-refractivity contribution in [2.75, 3.05) is 11.4 Å². The number of anilines is 1. The van der Waals surface area contributed by atoms with Gasteiger partial charge in [0.25, 0.3) is 0 Å². The van der Waals surface area contributed by atoms with Crippen LogP contribution >= 0.6 is 0 Å². The molecule has 1 aromatic heterocycles. The predicted molar refractivity (Wildman–Crippen MR) is 77.6 cm³/mol. The lowest BCUT2D eigenvalue weighted by molar-refractivity contribution is -0.141. The van der Waals surface area contributed by atoms with Gasteiger partial charge < -0.3 is 10.6 Å². The molecule has 3 N–H and O–H groups in total. The molecule has 4 nitrogen and oxygen atoms in total. The molecule has 1 aromatic rings. The largest absolute Gasteiger partial charge is 0.433 e. The Morgan fingerprint density at radius 2 is 1.86 bits per heavy atom. The van der Waals surface area contributed by atoms with Crippen LogP contribution in [0.15, 0.2) is 12.1 Å². The minimum absolute atomic E-state index is 0.0542. The van der Waals surface area contributed by atoms with Crippen LogP contribution in [0.25, 0.3) is 0 Å². The van der Waals surface area contributed by atoms with Crippen LogP contribution in [-0.2, 0) is 6.18 Å². The summed E-state index contributed by atoms with van der Waals surface area (Å²) in [6.07, 6.45) is -4.52. The number of aromatic nitrogens is 1. The van der Waals surface area contributed by atoms with Crippen LogP contribution < -0.4 is 10.6 Å². The van der Waals surface area contributed by atoms with E-state index in [2.05, 4.69) is 4.98 Å². The van der Waals surface area contributed by atoms with E-state index in [4.69, 9.17) is 11.1 Å². The maximum atomic E-state index is 12.9. The van der Waals surface area contributed by atoms with E-state index in [1.807, 2.05) is 27.7 Å². The lowest BCUT2D eigenvalue weighted by Crippen LogP contribution is -2.37. The highest BCUT2D eigenvalue weighted by atomic mass is 19.4. The molecule has 0 spiro atoms. The number of rotatable bonds is 5. The Balaban J connectivity index is 3.43. The van der Waals surface area contributed by atoms with E-state index in [9.17, 15) is 13.2 Å². The molecule has 1 heterocycles. The smallest absolute Gasteiger partial charge is 0.384 e. The summed E-state index contributed by atoms with van der Waals surface area (Å²) in [5.74, 6) is 0.0604. The van der Waals surface area contributed by atoms with E-state index in [-0.39, 0.29) is 29.2 Å². The molecule has 0 aliphatic heterocycles. The van der Waals surface area contributed by atoms with Gasteiger partial charge in [-0.3, -0.25) is 5.41 Å². The number of halogens is 3. The molecule has 0 bridgehead atoms. The minimum atomic E-state index is -4.52. The highest BCUT2D eigenvalue weighted by Gasteiger charge is 2.34. The molecule has 118 valence electrons. The van der Waals surface area contributed by atoms with Crippen LogP contribution in [0, 0.1) is 11.3 Å². The molecule has 0 radical (unpaired) electrons. The van der Waals surface area contributed by atoms with Gasteiger partial charge in [0, 0.05) is 12.6 Å². The molecule has 0 saturated heterocycles. The highest BCUT2D eigenvalue weighted by Crippen LogP contribution is 2.31. The van der Waals surface area contributed by atoms with Gasteiger partial charge in [-0.25, -0.2) is 4.98 Å². The minimum Gasteiger partial charge on any atom is -0.384 e. The number of nitrogen functional groups attached to an aromatic ring is 1. The summed E-state index contributed by atoms with van der Waals surface area (Å²) in [6, 6.07) is 2.01. The van der Waals surface area contributed by atoms with Gasteiger partial charge in [0.2, 0.25) is 0 Å². The molecule has 1 rings (SSSR count). The molecule has 0 aliphatic carbocycles. The zero-order valence-electron chi connectivity index (χ0n) is 12.6. The maximum Gasteiger partial charge on any atom is 0.433 e. The molecular weight excluding hydrogens is 281 g/mol. The summed E-state index contributed by atoms with van der Waals surface area (Å²) in [5.41, 5.74) is 4.72. The third kappa shape index (κ3) is 4.34. The summed E-state index contributed by atoms with van der Waals surface area (Å²) >= 11 is 0. The van der Waals surface area contributed by atoms with Gasteiger partial charge in [0.05, 0.1) is 5.56 Å². The van der Waals surface area contributed by atoms with E-state index >= 15 is 0 Å². The number of nitrogens with zero attached hydrogens (tertiary/aromatic N) is 2. The van der Waals surface area contributed by atoms with Crippen molar-refractivity contribution in [2.45, 2.75) is 39.9 Å². The number of alkyl halides is 3.